The van der Waals surface area contributed by atoms with E-state index in [4.69, 9.17) is 0 Å². The Hall–Kier alpha value is -3.56. The van der Waals surface area contributed by atoms with E-state index < -0.39 is 22.8 Å². The lowest BCUT2D eigenvalue weighted by Gasteiger charge is -2.12. The van der Waals surface area contributed by atoms with Crippen LogP contribution >= 0.6 is 0 Å². The fourth-order valence-corrected chi connectivity index (χ4v) is 2.41. The van der Waals surface area contributed by atoms with Crippen molar-refractivity contribution in [3.8, 4) is 5.75 Å². The van der Waals surface area contributed by atoms with Gasteiger partial charge in [-0.1, -0.05) is 24.3 Å². The van der Waals surface area contributed by atoms with E-state index in [0.717, 1.165) is 4.40 Å². The molecule has 0 atom stereocenters. The van der Waals surface area contributed by atoms with Gasteiger partial charge in [0.15, 0.2) is 0 Å². The third kappa shape index (κ3) is 3.43. The second-order valence-electron chi connectivity index (χ2n) is 5.14. The maximum atomic E-state index is 12.5. The number of pyridine rings is 1. The predicted molar refractivity (Wildman–Crippen MR) is 88.5 cm³/mol. The van der Waals surface area contributed by atoms with Crippen LogP contribution in [0.5, 0.6) is 5.75 Å². The van der Waals surface area contributed by atoms with Crippen LogP contribution in [0.3, 0.4) is 0 Å². The molecule has 0 unspecified atom stereocenters. The van der Waals surface area contributed by atoms with Gasteiger partial charge in [-0.05, 0) is 18.2 Å². The summed E-state index contributed by atoms with van der Waals surface area (Å²) in [6.07, 6.45) is 1.37. The summed E-state index contributed by atoms with van der Waals surface area (Å²) in [5, 5.41) is 14.0. The van der Waals surface area contributed by atoms with Crippen LogP contribution in [-0.4, -0.2) is 20.9 Å². The van der Waals surface area contributed by atoms with E-state index in [1.165, 1.54) is 30.5 Å². The van der Waals surface area contributed by atoms with Crippen LogP contribution in [0.2, 0.25) is 0 Å². The predicted octanol–water partition coefficient (Wildman–Crippen LogP) is 2.82. The number of nitrogens with one attached hydrogen (secondary N) is 1. The Morgan fingerprint density at radius 2 is 1.96 bits per heavy atom. The first-order chi connectivity index (χ1) is 12.5. The summed E-state index contributed by atoms with van der Waals surface area (Å²) >= 11 is 0. The first-order valence-electron chi connectivity index (χ1n) is 7.39. The fraction of sp³-hybridized carbons (Fsp3) is 0.125. The van der Waals surface area contributed by atoms with Crippen molar-refractivity contribution in [3.63, 3.8) is 0 Å². The Bertz CT molecular complexity index is 1020. The number of hydrogen-bond donors (Lipinski definition) is 1. The molecular weight excluding hydrogens is 350 g/mol. The Morgan fingerprint density at radius 1 is 1.23 bits per heavy atom. The summed E-state index contributed by atoms with van der Waals surface area (Å²) < 4.78 is 30.4. The lowest BCUT2D eigenvalue weighted by atomic mass is 10.2. The molecule has 0 aliphatic carbocycles. The number of ether oxygens (including phenoxy) is 1. The van der Waals surface area contributed by atoms with E-state index in [9.17, 15) is 23.7 Å². The molecule has 10 heteroatoms. The minimum absolute atomic E-state index is 0.0739. The number of rotatable bonds is 6. The molecule has 0 aliphatic heterocycles. The standard InChI is InChI=1S/C16H12F2N4O4/c17-16(18)26-11-6-2-1-5-10(11)9-19-14-13(22(24)25)15(23)21-8-4-3-7-12(21)20-14/h1-8,16,19H,9H2. The zero-order valence-corrected chi connectivity index (χ0v) is 13.1. The zero-order valence-electron chi connectivity index (χ0n) is 13.1. The highest BCUT2D eigenvalue weighted by Crippen LogP contribution is 2.23. The van der Waals surface area contributed by atoms with Crippen molar-refractivity contribution in [1.29, 1.82) is 0 Å². The molecule has 0 amide bonds. The van der Waals surface area contributed by atoms with Gasteiger partial charge < -0.3 is 10.1 Å². The van der Waals surface area contributed by atoms with E-state index in [0.29, 0.717) is 5.56 Å². The molecule has 0 bridgehead atoms. The number of aromatic nitrogens is 2. The molecule has 1 aromatic carbocycles. The molecule has 0 saturated heterocycles. The highest BCUT2D eigenvalue weighted by molar-refractivity contribution is 5.60. The minimum atomic E-state index is -3.01. The molecule has 0 fully saturated rings. The van der Waals surface area contributed by atoms with Crippen LogP contribution in [-0.2, 0) is 6.54 Å². The molecule has 3 rings (SSSR count). The van der Waals surface area contributed by atoms with E-state index in [1.54, 1.807) is 18.2 Å². The molecule has 0 spiro atoms. The molecule has 0 saturated carbocycles. The van der Waals surface area contributed by atoms with E-state index in [-0.39, 0.29) is 23.8 Å². The van der Waals surface area contributed by atoms with Crippen molar-refractivity contribution in [2.75, 3.05) is 5.32 Å². The topological polar surface area (TPSA) is 98.8 Å². The van der Waals surface area contributed by atoms with Crippen LogP contribution in [0.1, 0.15) is 5.56 Å². The van der Waals surface area contributed by atoms with Crippen LogP contribution < -0.4 is 15.6 Å². The second kappa shape index (κ2) is 7.13. The zero-order chi connectivity index (χ0) is 18.7. The maximum Gasteiger partial charge on any atom is 0.387 e. The van der Waals surface area contributed by atoms with Gasteiger partial charge in [0.1, 0.15) is 11.4 Å². The van der Waals surface area contributed by atoms with Crippen molar-refractivity contribution >= 4 is 17.2 Å². The number of halogens is 2. The molecule has 0 aliphatic rings. The normalized spacial score (nSPS) is 10.9. The van der Waals surface area contributed by atoms with Gasteiger partial charge in [0.2, 0.25) is 5.82 Å². The van der Waals surface area contributed by atoms with E-state index in [2.05, 4.69) is 15.0 Å². The number of fused-ring (bicyclic) bond motifs is 1. The van der Waals surface area contributed by atoms with Gasteiger partial charge >= 0.3 is 17.9 Å². The van der Waals surface area contributed by atoms with Crippen molar-refractivity contribution in [2.45, 2.75) is 13.2 Å². The molecule has 26 heavy (non-hydrogen) atoms. The Balaban J connectivity index is 1.98. The number of hydrogen-bond acceptors (Lipinski definition) is 6. The maximum absolute atomic E-state index is 12.5. The van der Waals surface area contributed by atoms with Gasteiger partial charge in [0.05, 0.1) is 4.92 Å². The molecule has 1 N–H and O–H groups in total. The van der Waals surface area contributed by atoms with Crippen LogP contribution in [0.25, 0.3) is 5.65 Å². The largest absolute Gasteiger partial charge is 0.434 e. The van der Waals surface area contributed by atoms with Gasteiger partial charge in [0, 0.05) is 18.3 Å². The van der Waals surface area contributed by atoms with Crippen LogP contribution in [0.4, 0.5) is 20.3 Å². The monoisotopic (exact) mass is 362 g/mol. The quantitative estimate of drug-likeness (QED) is 0.535. The number of anilines is 1. The first-order valence-corrected chi connectivity index (χ1v) is 7.39. The van der Waals surface area contributed by atoms with Gasteiger partial charge in [-0.2, -0.15) is 8.78 Å². The summed E-state index contributed by atoms with van der Waals surface area (Å²) in [4.78, 5) is 26.9. The molecule has 8 nitrogen and oxygen atoms in total. The number of alkyl halides is 2. The average Bonchev–Trinajstić information content (AvgIpc) is 2.60. The lowest BCUT2D eigenvalue weighted by Crippen LogP contribution is -2.21. The summed E-state index contributed by atoms with van der Waals surface area (Å²) in [6, 6.07) is 10.7. The average molecular weight is 362 g/mol. The molecular formula is C16H12F2N4O4. The van der Waals surface area contributed by atoms with Crippen LogP contribution in [0, 0.1) is 10.1 Å². The smallest absolute Gasteiger partial charge is 0.387 e. The highest BCUT2D eigenvalue weighted by atomic mass is 19.3. The summed E-state index contributed by atoms with van der Waals surface area (Å²) in [7, 11) is 0. The first kappa shape index (κ1) is 17.3. The molecule has 134 valence electrons. The summed E-state index contributed by atoms with van der Waals surface area (Å²) in [6.45, 7) is -3.10. The molecule has 3 aromatic rings. The van der Waals surface area contributed by atoms with Gasteiger partial charge in [-0.3, -0.25) is 19.3 Å². The van der Waals surface area contributed by atoms with Gasteiger partial charge in [-0.15, -0.1) is 0 Å². The van der Waals surface area contributed by atoms with Crippen LogP contribution in [0.15, 0.2) is 53.5 Å². The van der Waals surface area contributed by atoms with E-state index in [1.807, 2.05) is 0 Å². The summed E-state index contributed by atoms with van der Waals surface area (Å²) in [5.74, 6) is -0.326. The lowest BCUT2D eigenvalue weighted by molar-refractivity contribution is -0.385. The molecule has 2 heterocycles. The summed E-state index contributed by atoms with van der Waals surface area (Å²) in [5.41, 5.74) is -1.04. The second-order valence-corrected chi connectivity index (χ2v) is 5.14. The number of nitro groups is 1. The SMILES string of the molecule is O=c1c([N+](=O)[O-])c(NCc2ccccc2OC(F)F)nc2ccccn12. The number of para-hydroxylation sites is 1. The highest BCUT2D eigenvalue weighted by Gasteiger charge is 2.23. The van der Waals surface area contributed by atoms with Crippen molar-refractivity contribution in [1.82, 2.24) is 9.38 Å². The minimum Gasteiger partial charge on any atom is -0.434 e. The Labute approximate surface area is 144 Å². The van der Waals surface area contributed by atoms with Crippen molar-refractivity contribution in [2.24, 2.45) is 0 Å². The third-order valence-corrected chi connectivity index (χ3v) is 3.53. The molecule has 2 aromatic heterocycles. The third-order valence-electron chi connectivity index (χ3n) is 3.53. The van der Waals surface area contributed by atoms with Crippen molar-refractivity contribution < 1.29 is 18.4 Å². The Morgan fingerprint density at radius 3 is 2.69 bits per heavy atom. The van der Waals surface area contributed by atoms with E-state index >= 15 is 0 Å². The Kier molecular flexibility index (Phi) is 4.74. The van der Waals surface area contributed by atoms with Gasteiger partial charge in [0.25, 0.3) is 0 Å². The number of benzene rings is 1. The van der Waals surface area contributed by atoms with Crippen molar-refractivity contribution in [3.05, 3.63) is 74.7 Å². The molecule has 0 radical (unpaired) electrons. The van der Waals surface area contributed by atoms with Gasteiger partial charge in [-0.25, -0.2) is 4.98 Å². The number of nitrogens with zero attached hydrogens (tertiary/aromatic N) is 3. The fourth-order valence-electron chi connectivity index (χ4n) is 2.41.